The second-order valence-corrected chi connectivity index (χ2v) is 2.88. The molecule has 0 atom stereocenters. The highest BCUT2D eigenvalue weighted by atomic mass is 19.4. The van der Waals surface area contributed by atoms with Gasteiger partial charge in [-0.3, -0.25) is 5.10 Å². The maximum Gasteiger partial charge on any atom is 0.435 e. The predicted molar refractivity (Wildman–Crippen MR) is 42.9 cm³/mol. The Morgan fingerprint density at radius 3 is 2.73 bits per heavy atom. The third kappa shape index (κ3) is 2.17. The first-order valence-corrected chi connectivity index (χ1v) is 4.05. The first-order chi connectivity index (χ1) is 7.05. The number of aromatic nitrogens is 3. The van der Waals surface area contributed by atoms with Crippen molar-refractivity contribution in [3.8, 4) is 0 Å². The molecule has 15 heavy (non-hydrogen) atoms. The normalized spacial score (nSPS) is 11.9. The SMILES string of the molecule is FC(F)(F)c1cc(Cc2ncco2)[nH]n1. The number of aromatic amines is 1. The van der Waals surface area contributed by atoms with Crippen LogP contribution in [0.15, 0.2) is 22.9 Å². The van der Waals surface area contributed by atoms with Crippen LogP contribution in [0.5, 0.6) is 0 Å². The molecule has 0 saturated heterocycles. The van der Waals surface area contributed by atoms with Crippen LogP contribution in [0.4, 0.5) is 13.2 Å². The molecule has 0 aliphatic heterocycles. The molecule has 0 aliphatic rings. The molecule has 0 spiro atoms. The van der Waals surface area contributed by atoms with Crippen LogP contribution < -0.4 is 0 Å². The molecular weight excluding hydrogens is 211 g/mol. The van der Waals surface area contributed by atoms with E-state index in [0.29, 0.717) is 11.6 Å². The highest BCUT2D eigenvalue weighted by Gasteiger charge is 2.33. The van der Waals surface area contributed by atoms with Gasteiger partial charge in [-0.15, -0.1) is 0 Å². The maximum absolute atomic E-state index is 12.2. The van der Waals surface area contributed by atoms with Gasteiger partial charge in [0.05, 0.1) is 12.6 Å². The second kappa shape index (κ2) is 3.41. The van der Waals surface area contributed by atoms with Crippen LogP contribution in [0.1, 0.15) is 17.3 Å². The summed E-state index contributed by atoms with van der Waals surface area (Å²) in [5.41, 5.74) is -0.631. The van der Waals surface area contributed by atoms with Crippen molar-refractivity contribution in [1.29, 1.82) is 0 Å². The highest BCUT2D eigenvalue weighted by Crippen LogP contribution is 2.27. The molecule has 0 fully saturated rings. The average Bonchev–Trinajstić information content (AvgIpc) is 2.73. The van der Waals surface area contributed by atoms with E-state index in [9.17, 15) is 13.2 Å². The fourth-order valence-corrected chi connectivity index (χ4v) is 1.10. The van der Waals surface area contributed by atoms with Gasteiger partial charge in [-0.1, -0.05) is 0 Å². The predicted octanol–water partition coefficient (Wildman–Crippen LogP) is 2.01. The summed E-state index contributed by atoms with van der Waals surface area (Å²) < 4.78 is 41.4. The molecule has 0 radical (unpaired) electrons. The Bertz CT molecular complexity index is 432. The van der Waals surface area contributed by atoms with E-state index in [0.717, 1.165) is 6.07 Å². The van der Waals surface area contributed by atoms with Gasteiger partial charge < -0.3 is 4.42 Å². The van der Waals surface area contributed by atoms with Crippen molar-refractivity contribution in [2.24, 2.45) is 0 Å². The number of hydrogen-bond donors (Lipinski definition) is 1. The number of H-pyrrole nitrogens is 1. The van der Waals surface area contributed by atoms with Crippen molar-refractivity contribution < 1.29 is 17.6 Å². The minimum atomic E-state index is -4.43. The van der Waals surface area contributed by atoms with Crippen LogP contribution in [0.2, 0.25) is 0 Å². The average molecular weight is 217 g/mol. The summed E-state index contributed by atoms with van der Waals surface area (Å²) in [4.78, 5) is 3.79. The van der Waals surface area contributed by atoms with E-state index in [-0.39, 0.29) is 6.42 Å². The number of rotatable bonds is 2. The van der Waals surface area contributed by atoms with Crippen LogP contribution in [0.3, 0.4) is 0 Å². The topological polar surface area (TPSA) is 54.7 Å². The molecule has 7 heteroatoms. The van der Waals surface area contributed by atoms with E-state index in [1.807, 2.05) is 0 Å². The quantitative estimate of drug-likeness (QED) is 0.837. The lowest BCUT2D eigenvalue weighted by atomic mass is 10.3. The molecule has 80 valence electrons. The summed E-state index contributed by atoms with van der Waals surface area (Å²) in [6.45, 7) is 0. The molecule has 0 aromatic carbocycles. The standard InChI is InChI=1S/C8H6F3N3O/c9-8(10,11)6-3-5(13-14-6)4-7-12-1-2-15-7/h1-3H,4H2,(H,13,14). The Hall–Kier alpha value is -1.79. The largest absolute Gasteiger partial charge is 0.449 e. The van der Waals surface area contributed by atoms with E-state index in [1.165, 1.54) is 12.5 Å². The fourth-order valence-electron chi connectivity index (χ4n) is 1.10. The van der Waals surface area contributed by atoms with E-state index in [2.05, 4.69) is 15.2 Å². The minimum Gasteiger partial charge on any atom is -0.449 e. The molecular formula is C8H6F3N3O. The first-order valence-electron chi connectivity index (χ1n) is 4.05. The summed E-state index contributed by atoms with van der Waals surface area (Å²) in [5.74, 6) is 0.340. The number of alkyl halides is 3. The van der Waals surface area contributed by atoms with Gasteiger partial charge in [0.2, 0.25) is 0 Å². The van der Waals surface area contributed by atoms with Crippen LogP contribution in [0.25, 0.3) is 0 Å². The van der Waals surface area contributed by atoms with Gasteiger partial charge in [-0.25, -0.2) is 4.98 Å². The Balaban J connectivity index is 2.15. The molecule has 2 aromatic rings. The van der Waals surface area contributed by atoms with Crippen LogP contribution in [-0.2, 0) is 12.6 Å². The fraction of sp³-hybridized carbons (Fsp3) is 0.250. The minimum absolute atomic E-state index is 0.163. The molecule has 2 heterocycles. The maximum atomic E-state index is 12.2. The smallest absolute Gasteiger partial charge is 0.435 e. The van der Waals surface area contributed by atoms with Gasteiger partial charge in [-0.2, -0.15) is 18.3 Å². The van der Waals surface area contributed by atoms with E-state index >= 15 is 0 Å². The van der Waals surface area contributed by atoms with Gasteiger partial charge in [0.15, 0.2) is 11.6 Å². The van der Waals surface area contributed by atoms with Crippen molar-refractivity contribution in [3.63, 3.8) is 0 Å². The van der Waals surface area contributed by atoms with Gasteiger partial charge in [-0.05, 0) is 6.07 Å². The first kappa shape index (κ1) is 9.75. The molecule has 0 amide bonds. The van der Waals surface area contributed by atoms with Crippen molar-refractivity contribution in [1.82, 2.24) is 15.2 Å². The molecule has 2 aromatic heterocycles. The van der Waals surface area contributed by atoms with Gasteiger partial charge in [0, 0.05) is 5.69 Å². The zero-order chi connectivity index (χ0) is 10.9. The molecule has 0 unspecified atom stereocenters. The Labute approximate surface area is 82.1 Å². The molecule has 4 nitrogen and oxygen atoms in total. The van der Waals surface area contributed by atoms with Crippen molar-refractivity contribution in [3.05, 3.63) is 35.8 Å². The van der Waals surface area contributed by atoms with Crippen molar-refractivity contribution >= 4 is 0 Å². The summed E-state index contributed by atoms with van der Waals surface area (Å²) in [6, 6.07) is 0.935. The van der Waals surface area contributed by atoms with Gasteiger partial charge >= 0.3 is 6.18 Å². The monoisotopic (exact) mass is 217 g/mol. The number of oxazole rings is 1. The Kier molecular flexibility index (Phi) is 2.22. The van der Waals surface area contributed by atoms with Crippen LogP contribution >= 0.6 is 0 Å². The van der Waals surface area contributed by atoms with Gasteiger partial charge in [0.25, 0.3) is 0 Å². The van der Waals surface area contributed by atoms with Crippen LogP contribution in [-0.4, -0.2) is 15.2 Å². The van der Waals surface area contributed by atoms with Crippen molar-refractivity contribution in [2.45, 2.75) is 12.6 Å². The zero-order valence-corrected chi connectivity index (χ0v) is 7.38. The van der Waals surface area contributed by atoms with E-state index in [1.54, 1.807) is 0 Å². The number of nitrogens with one attached hydrogen (secondary N) is 1. The van der Waals surface area contributed by atoms with Crippen LogP contribution in [0, 0.1) is 0 Å². The lowest BCUT2D eigenvalue weighted by Crippen LogP contribution is -2.04. The summed E-state index contributed by atoms with van der Waals surface area (Å²) >= 11 is 0. The van der Waals surface area contributed by atoms with E-state index in [4.69, 9.17) is 4.42 Å². The summed E-state index contributed by atoms with van der Waals surface area (Å²) in [5, 5.41) is 5.43. The molecule has 0 aliphatic carbocycles. The van der Waals surface area contributed by atoms with E-state index < -0.39 is 11.9 Å². The summed E-state index contributed by atoms with van der Waals surface area (Å²) in [6.07, 6.45) is -1.48. The zero-order valence-electron chi connectivity index (χ0n) is 7.38. The molecule has 0 bridgehead atoms. The molecule has 1 N–H and O–H groups in total. The lowest BCUT2D eigenvalue weighted by Gasteiger charge is -1.98. The van der Waals surface area contributed by atoms with Gasteiger partial charge in [0.1, 0.15) is 6.26 Å². The number of hydrogen-bond acceptors (Lipinski definition) is 3. The Morgan fingerprint density at radius 1 is 1.40 bits per heavy atom. The number of halogens is 3. The Morgan fingerprint density at radius 2 is 2.20 bits per heavy atom. The van der Waals surface area contributed by atoms with Crippen molar-refractivity contribution in [2.75, 3.05) is 0 Å². The molecule has 2 rings (SSSR count). The highest BCUT2D eigenvalue weighted by molar-refractivity contribution is 5.14. The summed E-state index contributed by atoms with van der Waals surface area (Å²) in [7, 11) is 0. The third-order valence-corrected chi connectivity index (χ3v) is 1.75. The second-order valence-electron chi connectivity index (χ2n) is 2.88. The number of nitrogens with zero attached hydrogens (tertiary/aromatic N) is 2. The lowest BCUT2D eigenvalue weighted by molar-refractivity contribution is -0.141. The third-order valence-electron chi connectivity index (χ3n) is 1.75. The molecule has 0 saturated carbocycles.